The number of ether oxygens (including phenoxy) is 1. The van der Waals surface area contributed by atoms with Crippen LogP contribution in [0.15, 0.2) is 30.5 Å². The molecule has 1 aliphatic rings. The highest BCUT2D eigenvalue weighted by molar-refractivity contribution is 6.31. The van der Waals surface area contributed by atoms with Crippen LogP contribution in [0, 0.1) is 6.92 Å². The molecule has 3 N–H and O–H groups in total. The van der Waals surface area contributed by atoms with Gasteiger partial charge in [-0.2, -0.15) is 13.2 Å². The molecule has 0 spiro atoms. The summed E-state index contributed by atoms with van der Waals surface area (Å²) in [4.78, 5) is 42.5. The number of benzene rings is 1. The first kappa shape index (κ1) is 24.3. The average Bonchev–Trinajstić information content (AvgIpc) is 2.76. The first-order valence-electron chi connectivity index (χ1n) is 9.68. The number of hydrogen-bond acceptors (Lipinski definition) is 6. The third-order valence-corrected chi connectivity index (χ3v) is 4.75. The molecule has 0 saturated carbocycles. The Morgan fingerprint density at radius 2 is 1.85 bits per heavy atom. The highest BCUT2D eigenvalue weighted by Gasteiger charge is 2.42. The molecule has 1 saturated heterocycles. The summed E-state index contributed by atoms with van der Waals surface area (Å²) in [6.07, 6.45) is -3.81. The van der Waals surface area contributed by atoms with Gasteiger partial charge in [0.05, 0.1) is 11.3 Å². The van der Waals surface area contributed by atoms with Gasteiger partial charge in [0.15, 0.2) is 5.75 Å². The highest BCUT2D eigenvalue weighted by Crippen LogP contribution is 2.35. The molecular formula is C20H19ClF3N5O4. The van der Waals surface area contributed by atoms with E-state index in [1.54, 1.807) is 13.0 Å². The van der Waals surface area contributed by atoms with E-state index in [0.717, 1.165) is 17.7 Å². The van der Waals surface area contributed by atoms with Crippen LogP contribution in [-0.4, -0.2) is 60.1 Å². The minimum Gasteiger partial charge on any atom is -0.418 e. The molecule has 1 aromatic carbocycles. The largest absolute Gasteiger partial charge is 0.491 e. The van der Waals surface area contributed by atoms with Crippen LogP contribution < -0.4 is 20.7 Å². The number of aryl methyl sites for hydroxylation is 1. The van der Waals surface area contributed by atoms with Crippen LogP contribution in [0.1, 0.15) is 15.9 Å². The summed E-state index contributed by atoms with van der Waals surface area (Å²) < 4.78 is 42.9. The Bertz CT molecular complexity index is 1060. The standard InChI is InChI=1S/C20H19ClF3N5O4/c1-11-2-3-15(26-10-11)27-17(30)13-8-12(21)9-14(33-18(31)20(22,23)24)16(13)28-19(32)29-6-4-25-5-7-29/h2-3,8-10,25H,4-7H2,1H3,(H,28,32)(H,26,27,30). The molecule has 1 fully saturated rings. The zero-order valence-electron chi connectivity index (χ0n) is 17.3. The van der Waals surface area contributed by atoms with Gasteiger partial charge in [-0.1, -0.05) is 17.7 Å². The van der Waals surface area contributed by atoms with Crippen LogP contribution in [0.4, 0.5) is 29.5 Å². The van der Waals surface area contributed by atoms with Crippen molar-refractivity contribution < 1.29 is 32.3 Å². The lowest BCUT2D eigenvalue weighted by Gasteiger charge is -2.28. The van der Waals surface area contributed by atoms with E-state index >= 15 is 0 Å². The molecule has 33 heavy (non-hydrogen) atoms. The van der Waals surface area contributed by atoms with Crippen LogP contribution in [0.5, 0.6) is 5.75 Å². The van der Waals surface area contributed by atoms with Crippen molar-refractivity contribution >= 4 is 41.0 Å². The van der Waals surface area contributed by atoms with Crippen molar-refractivity contribution in [3.8, 4) is 5.75 Å². The molecule has 0 bridgehead atoms. The lowest BCUT2D eigenvalue weighted by molar-refractivity contribution is -0.189. The van der Waals surface area contributed by atoms with E-state index in [9.17, 15) is 27.6 Å². The fourth-order valence-corrected chi connectivity index (χ4v) is 3.12. The molecule has 1 aliphatic heterocycles. The normalized spacial score (nSPS) is 13.9. The molecule has 3 amide bonds. The second-order valence-corrected chi connectivity index (χ2v) is 7.49. The number of aromatic nitrogens is 1. The third-order valence-electron chi connectivity index (χ3n) is 4.53. The third kappa shape index (κ3) is 6.33. The molecule has 176 valence electrons. The molecule has 2 heterocycles. The van der Waals surface area contributed by atoms with E-state index in [1.165, 1.54) is 17.2 Å². The van der Waals surface area contributed by atoms with Gasteiger partial charge in [0.2, 0.25) is 0 Å². The van der Waals surface area contributed by atoms with Crippen molar-refractivity contribution in [3.05, 3.63) is 46.6 Å². The van der Waals surface area contributed by atoms with Gasteiger partial charge < -0.3 is 25.6 Å². The molecule has 1 aromatic heterocycles. The fraction of sp³-hybridized carbons (Fsp3) is 0.300. The number of amides is 3. The molecular weight excluding hydrogens is 467 g/mol. The fourth-order valence-electron chi connectivity index (χ4n) is 2.91. The Labute approximate surface area is 191 Å². The topological polar surface area (TPSA) is 113 Å². The summed E-state index contributed by atoms with van der Waals surface area (Å²) in [6.45, 7) is 3.46. The molecule has 0 unspecified atom stereocenters. The number of carbonyl (C=O) groups excluding carboxylic acids is 3. The Hall–Kier alpha value is -3.38. The first-order valence-corrected chi connectivity index (χ1v) is 10.1. The maximum Gasteiger partial charge on any atom is 0.491 e. The van der Waals surface area contributed by atoms with E-state index < -0.39 is 35.5 Å². The van der Waals surface area contributed by atoms with Crippen molar-refractivity contribution in [2.24, 2.45) is 0 Å². The zero-order valence-corrected chi connectivity index (χ0v) is 18.0. The summed E-state index contributed by atoms with van der Waals surface area (Å²) in [5.41, 5.74) is 0.0737. The van der Waals surface area contributed by atoms with Crippen molar-refractivity contribution in [2.75, 3.05) is 36.8 Å². The number of hydrogen-bond donors (Lipinski definition) is 3. The summed E-state index contributed by atoms with van der Waals surface area (Å²) >= 11 is 5.97. The average molecular weight is 486 g/mol. The van der Waals surface area contributed by atoms with Crippen LogP contribution in [0.3, 0.4) is 0 Å². The van der Waals surface area contributed by atoms with Crippen molar-refractivity contribution in [1.82, 2.24) is 15.2 Å². The first-order chi connectivity index (χ1) is 15.5. The number of alkyl halides is 3. The van der Waals surface area contributed by atoms with Gasteiger partial charge in [0.25, 0.3) is 5.91 Å². The quantitative estimate of drug-likeness (QED) is 0.453. The summed E-state index contributed by atoms with van der Waals surface area (Å²) in [7, 11) is 0. The predicted octanol–water partition coefficient (Wildman–Crippen LogP) is 3.20. The highest BCUT2D eigenvalue weighted by atomic mass is 35.5. The van der Waals surface area contributed by atoms with Gasteiger partial charge in [-0.05, 0) is 24.6 Å². The number of halogens is 4. The van der Waals surface area contributed by atoms with E-state index in [-0.39, 0.29) is 16.4 Å². The van der Waals surface area contributed by atoms with Crippen LogP contribution in [0.2, 0.25) is 5.02 Å². The number of esters is 1. The minimum absolute atomic E-state index is 0.152. The van der Waals surface area contributed by atoms with Gasteiger partial charge in [-0.3, -0.25) is 4.79 Å². The van der Waals surface area contributed by atoms with Crippen molar-refractivity contribution in [1.29, 1.82) is 0 Å². The Morgan fingerprint density at radius 1 is 1.15 bits per heavy atom. The van der Waals surface area contributed by atoms with Crippen LogP contribution >= 0.6 is 11.6 Å². The van der Waals surface area contributed by atoms with Crippen LogP contribution in [-0.2, 0) is 4.79 Å². The van der Waals surface area contributed by atoms with E-state index in [2.05, 4.69) is 25.7 Å². The van der Waals surface area contributed by atoms with Gasteiger partial charge in [0, 0.05) is 43.5 Å². The lowest BCUT2D eigenvalue weighted by atomic mass is 10.1. The number of anilines is 2. The monoisotopic (exact) mass is 485 g/mol. The number of urea groups is 1. The Kier molecular flexibility index (Phi) is 7.39. The predicted molar refractivity (Wildman–Crippen MR) is 114 cm³/mol. The molecule has 0 aliphatic carbocycles. The minimum atomic E-state index is -5.31. The van der Waals surface area contributed by atoms with E-state index in [0.29, 0.717) is 26.2 Å². The molecule has 0 radical (unpaired) electrons. The van der Waals surface area contributed by atoms with Gasteiger partial charge >= 0.3 is 18.2 Å². The number of rotatable bonds is 4. The zero-order chi connectivity index (χ0) is 24.2. The molecule has 9 nitrogen and oxygen atoms in total. The maximum absolute atomic E-state index is 12.9. The van der Waals surface area contributed by atoms with Crippen molar-refractivity contribution in [3.63, 3.8) is 0 Å². The lowest BCUT2D eigenvalue weighted by Crippen LogP contribution is -2.48. The molecule has 0 atom stereocenters. The van der Waals surface area contributed by atoms with Crippen LogP contribution in [0.25, 0.3) is 0 Å². The summed E-state index contributed by atoms with van der Waals surface area (Å²) in [5.74, 6) is -3.95. The smallest absolute Gasteiger partial charge is 0.418 e. The Balaban J connectivity index is 1.98. The molecule has 3 rings (SSSR count). The number of nitrogens with one attached hydrogen (secondary N) is 3. The summed E-state index contributed by atoms with van der Waals surface area (Å²) in [5, 5.41) is 7.71. The number of pyridine rings is 1. The van der Waals surface area contributed by atoms with E-state index in [4.69, 9.17) is 11.6 Å². The van der Waals surface area contributed by atoms with E-state index in [1.807, 2.05) is 0 Å². The van der Waals surface area contributed by atoms with Gasteiger partial charge in [-0.15, -0.1) is 0 Å². The number of piperazine rings is 1. The Morgan fingerprint density at radius 3 is 2.45 bits per heavy atom. The summed E-state index contributed by atoms with van der Waals surface area (Å²) in [6, 6.07) is 4.54. The maximum atomic E-state index is 12.9. The van der Waals surface area contributed by atoms with Crippen molar-refractivity contribution in [2.45, 2.75) is 13.1 Å². The SMILES string of the molecule is Cc1ccc(NC(=O)c2cc(Cl)cc(OC(=O)C(F)(F)F)c2NC(=O)N2CCNCC2)nc1. The van der Waals surface area contributed by atoms with Gasteiger partial charge in [-0.25, -0.2) is 14.6 Å². The second-order valence-electron chi connectivity index (χ2n) is 7.06. The van der Waals surface area contributed by atoms with Gasteiger partial charge in [0.1, 0.15) is 5.82 Å². The second kappa shape index (κ2) is 10.0. The molecule has 13 heteroatoms. The number of nitrogens with zero attached hydrogens (tertiary/aromatic N) is 2. The molecule has 2 aromatic rings. The number of carbonyl (C=O) groups is 3.